The van der Waals surface area contributed by atoms with Gasteiger partial charge in [-0.3, -0.25) is 4.79 Å². The minimum atomic E-state index is -0.929. The highest BCUT2D eigenvalue weighted by Gasteiger charge is 2.31. The number of carbonyl (C=O) groups is 2. The lowest BCUT2D eigenvalue weighted by Gasteiger charge is -2.24. The van der Waals surface area contributed by atoms with E-state index in [4.69, 9.17) is 4.74 Å². The van der Waals surface area contributed by atoms with E-state index in [1.54, 1.807) is 11.0 Å². The van der Waals surface area contributed by atoms with Crippen molar-refractivity contribution in [3.05, 3.63) is 107 Å². The molecule has 30 heavy (non-hydrogen) atoms. The summed E-state index contributed by atoms with van der Waals surface area (Å²) in [4.78, 5) is 28.1. The SMILES string of the molecule is O=C(O[C@H](C(=O)N1CCCC1)c1ccccc1)c1ccccc1Cc1ccccc1. The van der Waals surface area contributed by atoms with E-state index in [1.165, 1.54) is 0 Å². The van der Waals surface area contributed by atoms with Crippen molar-refractivity contribution < 1.29 is 14.3 Å². The lowest BCUT2D eigenvalue weighted by molar-refractivity contribution is -0.140. The van der Waals surface area contributed by atoms with Crippen LogP contribution in [0, 0.1) is 0 Å². The molecule has 4 nitrogen and oxygen atoms in total. The monoisotopic (exact) mass is 399 g/mol. The Morgan fingerprint density at radius 1 is 0.800 bits per heavy atom. The minimum absolute atomic E-state index is 0.146. The van der Waals surface area contributed by atoms with Gasteiger partial charge >= 0.3 is 5.97 Å². The topological polar surface area (TPSA) is 46.6 Å². The summed E-state index contributed by atoms with van der Waals surface area (Å²) in [5.41, 5.74) is 3.19. The molecule has 1 aliphatic rings. The molecule has 152 valence electrons. The van der Waals surface area contributed by atoms with Crippen molar-refractivity contribution in [1.82, 2.24) is 4.90 Å². The van der Waals surface area contributed by atoms with E-state index in [0.29, 0.717) is 30.6 Å². The first kappa shape index (κ1) is 19.9. The van der Waals surface area contributed by atoms with Crippen molar-refractivity contribution >= 4 is 11.9 Å². The molecule has 1 atom stereocenters. The summed E-state index contributed by atoms with van der Waals surface area (Å²) in [6, 6.07) is 26.7. The molecule has 0 spiro atoms. The molecule has 1 saturated heterocycles. The summed E-state index contributed by atoms with van der Waals surface area (Å²) in [7, 11) is 0. The van der Waals surface area contributed by atoms with Crippen LogP contribution >= 0.6 is 0 Å². The van der Waals surface area contributed by atoms with E-state index in [0.717, 1.165) is 24.0 Å². The van der Waals surface area contributed by atoms with Crippen molar-refractivity contribution in [3.8, 4) is 0 Å². The molecule has 0 bridgehead atoms. The number of esters is 1. The maximum atomic E-state index is 13.2. The highest BCUT2D eigenvalue weighted by molar-refractivity contribution is 5.94. The smallest absolute Gasteiger partial charge is 0.339 e. The predicted octanol–water partition coefficient (Wildman–Crippen LogP) is 4.80. The molecule has 0 N–H and O–H groups in total. The van der Waals surface area contributed by atoms with E-state index < -0.39 is 12.1 Å². The van der Waals surface area contributed by atoms with Crippen molar-refractivity contribution in [2.24, 2.45) is 0 Å². The van der Waals surface area contributed by atoms with Crippen LogP contribution in [0.15, 0.2) is 84.9 Å². The zero-order valence-corrected chi connectivity index (χ0v) is 16.9. The van der Waals surface area contributed by atoms with Gasteiger partial charge in [-0.15, -0.1) is 0 Å². The lowest BCUT2D eigenvalue weighted by atomic mass is 9.99. The second-order valence-electron chi connectivity index (χ2n) is 7.55. The largest absolute Gasteiger partial charge is 0.444 e. The van der Waals surface area contributed by atoms with Crippen molar-refractivity contribution in [3.63, 3.8) is 0 Å². The molecule has 1 amide bonds. The Bertz CT molecular complexity index is 995. The summed E-state index contributed by atoms with van der Waals surface area (Å²) in [5.74, 6) is -0.615. The first-order chi connectivity index (χ1) is 14.7. The van der Waals surface area contributed by atoms with Gasteiger partial charge < -0.3 is 9.64 Å². The van der Waals surface area contributed by atoms with E-state index in [-0.39, 0.29) is 5.91 Å². The Morgan fingerprint density at radius 2 is 1.40 bits per heavy atom. The van der Waals surface area contributed by atoms with Gasteiger partial charge in [0.1, 0.15) is 0 Å². The van der Waals surface area contributed by atoms with Gasteiger partial charge in [0.25, 0.3) is 5.91 Å². The second kappa shape index (κ2) is 9.40. The fourth-order valence-corrected chi connectivity index (χ4v) is 3.85. The van der Waals surface area contributed by atoms with Gasteiger partial charge in [-0.2, -0.15) is 0 Å². The maximum Gasteiger partial charge on any atom is 0.339 e. The Balaban J connectivity index is 1.59. The molecule has 0 radical (unpaired) electrons. The molecule has 0 aromatic heterocycles. The molecule has 0 saturated carbocycles. The highest BCUT2D eigenvalue weighted by atomic mass is 16.5. The molecule has 0 aliphatic carbocycles. The van der Waals surface area contributed by atoms with Gasteiger partial charge in [-0.05, 0) is 36.5 Å². The number of nitrogens with zero attached hydrogens (tertiary/aromatic N) is 1. The number of hydrogen-bond donors (Lipinski definition) is 0. The summed E-state index contributed by atoms with van der Waals surface area (Å²) in [5, 5.41) is 0. The minimum Gasteiger partial charge on any atom is -0.444 e. The fraction of sp³-hybridized carbons (Fsp3) is 0.231. The maximum absolute atomic E-state index is 13.2. The van der Waals surface area contributed by atoms with Crippen molar-refractivity contribution in [2.45, 2.75) is 25.4 Å². The Kier molecular flexibility index (Phi) is 6.23. The molecule has 1 fully saturated rings. The summed E-state index contributed by atoms with van der Waals surface area (Å²) < 4.78 is 5.85. The van der Waals surface area contributed by atoms with Gasteiger partial charge in [-0.25, -0.2) is 4.79 Å². The van der Waals surface area contributed by atoms with E-state index >= 15 is 0 Å². The average Bonchev–Trinajstić information content (AvgIpc) is 3.34. The Morgan fingerprint density at radius 3 is 2.10 bits per heavy atom. The van der Waals surface area contributed by atoms with Crippen LogP contribution in [0.2, 0.25) is 0 Å². The molecule has 1 heterocycles. The molecule has 0 unspecified atom stereocenters. The normalized spacial score (nSPS) is 14.3. The van der Waals surface area contributed by atoms with Crippen LogP contribution in [0.5, 0.6) is 0 Å². The van der Waals surface area contributed by atoms with Crippen LogP contribution in [0.4, 0.5) is 0 Å². The van der Waals surface area contributed by atoms with Gasteiger partial charge in [0.2, 0.25) is 6.10 Å². The summed E-state index contributed by atoms with van der Waals surface area (Å²) in [6.45, 7) is 1.43. The van der Waals surface area contributed by atoms with E-state index in [2.05, 4.69) is 0 Å². The van der Waals surface area contributed by atoms with Crippen LogP contribution in [-0.2, 0) is 16.0 Å². The summed E-state index contributed by atoms with van der Waals surface area (Å²) in [6.07, 6.45) is 1.67. The number of carbonyl (C=O) groups excluding carboxylic acids is 2. The zero-order valence-electron chi connectivity index (χ0n) is 16.9. The van der Waals surface area contributed by atoms with Crippen LogP contribution in [0.25, 0.3) is 0 Å². The number of likely N-dealkylation sites (tertiary alicyclic amines) is 1. The summed E-state index contributed by atoms with van der Waals surface area (Å²) >= 11 is 0. The van der Waals surface area contributed by atoms with Gasteiger partial charge in [0.05, 0.1) is 5.56 Å². The first-order valence-corrected chi connectivity index (χ1v) is 10.4. The molecule has 3 aromatic rings. The molecule has 4 heteroatoms. The van der Waals surface area contributed by atoms with Crippen LogP contribution < -0.4 is 0 Å². The van der Waals surface area contributed by atoms with Crippen LogP contribution in [0.3, 0.4) is 0 Å². The van der Waals surface area contributed by atoms with Crippen molar-refractivity contribution in [2.75, 3.05) is 13.1 Å². The molecule has 3 aromatic carbocycles. The standard InChI is InChI=1S/C26H25NO3/c28-25(27-17-9-10-18-27)24(21-13-5-2-6-14-21)30-26(29)23-16-8-7-15-22(23)19-20-11-3-1-4-12-20/h1-8,11-16,24H,9-10,17-19H2/t24-/m0/s1. The quantitative estimate of drug-likeness (QED) is 0.560. The van der Waals surface area contributed by atoms with Crippen LogP contribution in [-0.4, -0.2) is 29.9 Å². The Labute approximate surface area is 177 Å². The third kappa shape index (κ3) is 4.60. The predicted molar refractivity (Wildman–Crippen MR) is 116 cm³/mol. The Hall–Kier alpha value is -3.40. The number of amides is 1. The first-order valence-electron chi connectivity index (χ1n) is 10.4. The van der Waals surface area contributed by atoms with E-state index in [1.807, 2.05) is 78.9 Å². The van der Waals surface area contributed by atoms with Gasteiger partial charge in [-0.1, -0.05) is 78.9 Å². The molecule has 4 rings (SSSR count). The van der Waals surface area contributed by atoms with Crippen molar-refractivity contribution in [1.29, 1.82) is 0 Å². The molecule has 1 aliphatic heterocycles. The molecular weight excluding hydrogens is 374 g/mol. The number of hydrogen-bond acceptors (Lipinski definition) is 3. The van der Waals surface area contributed by atoms with Crippen LogP contribution in [0.1, 0.15) is 46.0 Å². The highest BCUT2D eigenvalue weighted by Crippen LogP contribution is 2.25. The number of ether oxygens (including phenoxy) is 1. The second-order valence-corrected chi connectivity index (χ2v) is 7.55. The lowest BCUT2D eigenvalue weighted by Crippen LogP contribution is -2.35. The van der Waals surface area contributed by atoms with Gasteiger partial charge in [0, 0.05) is 18.7 Å². The fourth-order valence-electron chi connectivity index (χ4n) is 3.85. The third-order valence-corrected chi connectivity index (χ3v) is 5.44. The number of rotatable bonds is 6. The third-order valence-electron chi connectivity index (χ3n) is 5.44. The molecular formula is C26H25NO3. The number of benzene rings is 3. The zero-order chi connectivity index (χ0) is 20.8. The van der Waals surface area contributed by atoms with E-state index in [9.17, 15) is 9.59 Å². The van der Waals surface area contributed by atoms with Gasteiger partial charge in [0.15, 0.2) is 0 Å². The average molecular weight is 399 g/mol.